The highest BCUT2D eigenvalue weighted by molar-refractivity contribution is 6.31. The molecule has 0 aromatic heterocycles. The Morgan fingerprint density at radius 3 is 2.68 bits per heavy atom. The van der Waals surface area contributed by atoms with E-state index in [1.807, 2.05) is 19.9 Å². The van der Waals surface area contributed by atoms with E-state index in [1.54, 1.807) is 0 Å². The molecule has 1 atom stereocenters. The molecule has 0 aliphatic carbocycles. The smallest absolute Gasteiger partial charge is 0.255 e. The maximum atomic E-state index is 13.8. The van der Waals surface area contributed by atoms with Gasteiger partial charge < -0.3 is 10.1 Å². The van der Waals surface area contributed by atoms with Crippen molar-refractivity contribution in [3.8, 4) is 6.07 Å². The predicted octanol–water partition coefficient (Wildman–Crippen LogP) is 3.45. The molecule has 0 saturated carbocycles. The van der Waals surface area contributed by atoms with E-state index in [4.69, 9.17) is 16.3 Å². The van der Waals surface area contributed by atoms with Gasteiger partial charge in [-0.1, -0.05) is 11.6 Å². The van der Waals surface area contributed by atoms with Crippen molar-refractivity contribution >= 4 is 17.5 Å². The Hall–Kier alpha value is -1.71. The van der Waals surface area contributed by atoms with Gasteiger partial charge in [0.2, 0.25) is 0 Å². The lowest BCUT2D eigenvalue weighted by Gasteiger charge is -2.24. The molecule has 0 spiro atoms. The zero-order valence-electron chi connectivity index (χ0n) is 12.5. The number of hydrogen-bond acceptors (Lipinski definition) is 3. The molecule has 1 N–H and O–H groups in total. The standard InChI is InChI=1S/C15H17ClF2N2O2/c1-9(2)22-7-6-15(3,8-19)20-14(21)10-4-5-11(17)12(16)13(10)18/h4-5,9H,6-7H2,1-3H3,(H,20,21). The first-order valence-corrected chi connectivity index (χ1v) is 7.07. The quantitative estimate of drug-likeness (QED) is 0.813. The summed E-state index contributed by atoms with van der Waals surface area (Å²) in [4.78, 5) is 12.1. The first kappa shape index (κ1) is 18.3. The number of carbonyl (C=O) groups excluding carboxylic acids is 1. The maximum Gasteiger partial charge on any atom is 0.255 e. The number of benzene rings is 1. The third kappa shape index (κ3) is 4.65. The molecular weight excluding hydrogens is 314 g/mol. The second-order valence-electron chi connectivity index (χ2n) is 5.29. The van der Waals surface area contributed by atoms with E-state index in [2.05, 4.69) is 5.32 Å². The molecule has 22 heavy (non-hydrogen) atoms. The second-order valence-corrected chi connectivity index (χ2v) is 5.67. The number of nitriles is 1. The Kier molecular flexibility index (Phi) is 6.27. The summed E-state index contributed by atoms with van der Waals surface area (Å²) in [6, 6.07) is 3.83. The Balaban J connectivity index is 2.85. The lowest BCUT2D eigenvalue weighted by Crippen LogP contribution is -2.46. The van der Waals surface area contributed by atoms with Gasteiger partial charge in [0.15, 0.2) is 5.82 Å². The highest BCUT2D eigenvalue weighted by Gasteiger charge is 2.28. The predicted molar refractivity (Wildman–Crippen MR) is 78.6 cm³/mol. The first-order chi connectivity index (χ1) is 10.2. The monoisotopic (exact) mass is 330 g/mol. The van der Waals surface area contributed by atoms with Gasteiger partial charge in [-0.05, 0) is 32.9 Å². The number of nitrogens with one attached hydrogen (secondary N) is 1. The van der Waals surface area contributed by atoms with E-state index in [0.29, 0.717) is 0 Å². The van der Waals surface area contributed by atoms with Gasteiger partial charge in [0.25, 0.3) is 5.91 Å². The minimum atomic E-state index is -1.24. The molecule has 1 rings (SSSR count). The summed E-state index contributed by atoms with van der Waals surface area (Å²) >= 11 is 5.44. The van der Waals surface area contributed by atoms with Gasteiger partial charge in [0.1, 0.15) is 16.4 Å². The molecule has 0 aliphatic rings. The van der Waals surface area contributed by atoms with Gasteiger partial charge in [-0.3, -0.25) is 4.79 Å². The van der Waals surface area contributed by atoms with Crippen molar-refractivity contribution in [3.05, 3.63) is 34.4 Å². The van der Waals surface area contributed by atoms with Crippen molar-refractivity contribution < 1.29 is 18.3 Å². The van der Waals surface area contributed by atoms with Crippen LogP contribution in [0.4, 0.5) is 8.78 Å². The molecule has 120 valence electrons. The van der Waals surface area contributed by atoms with Crippen LogP contribution in [0.5, 0.6) is 0 Å². The molecule has 0 saturated heterocycles. The first-order valence-electron chi connectivity index (χ1n) is 6.69. The van der Waals surface area contributed by atoms with Crippen LogP contribution in [0.3, 0.4) is 0 Å². The lowest BCUT2D eigenvalue weighted by atomic mass is 9.99. The van der Waals surface area contributed by atoms with Crippen molar-refractivity contribution in [1.82, 2.24) is 5.32 Å². The van der Waals surface area contributed by atoms with Crippen molar-refractivity contribution in [3.63, 3.8) is 0 Å². The van der Waals surface area contributed by atoms with E-state index in [9.17, 15) is 18.8 Å². The average molecular weight is 331 g/mol. The van der Waals surface area contributed by atoms with Crippen LogP contribution in [0.25, 0.3) is 0 Å². The van der Waals surface area contributed by atoms with E-state index < -0.39 is 33.7 Å². The molecule has 4 nitrogen and oxygen atoms in total. The molecule has 0 radical (unpaired) electrons. The highest BCUT2D eigenvalue weighted by atomic mass is 35.5. The summed E-state index contributed by atoms with van der Waals surface area (Å²) in [5.41, 5.74) is -1.66. The van der Waals surface area contributed by atoms with Crippen LogP contribution >= 0.6 is 11.6 Å². The maximum absolute atomic E-state index is 13.8. The van der Waals surface area contributed by atoms with Gasteiger partial charge in [-0.25, -0.2) is 8.78 Å². The molecule has 0 fully saturated rings. The van der Waals surface area contributed by atoms with Crippen molar-refractivity contribution in [2.24, 2.45) is 0 Å². The molecule has 7 heteroatoms. The summed E-state index contributed by atoms with van der Waals surface area (Å²) in [7, 11) is 0. The van der Waals surface area contributed by atoms with Crippen LogP contribution in [0.2, 0.25) is 5.02 Å². The van der Waals surface area contributed by atoms with E-state index in [0.717, 1.165) is 12.1 Å². The molecule has 1 aromatic rings. The number of ether oxygens (including phenoxy) is 1. The van der Waals surface area contributed by atoms with Crippen LogP contribution in [0.15, 0.2) is 12.1 Å². The summed E-state index contributed by atoms with van der Waals surface area (Å²) < 4.78 is 32.2. The third-order valence-electron chi connectivity index (χ3n) is 2.97. The lowest BCUT2D eigenvalue weighted by molar-refractivity contribution is 0.0651. The van der Waals surface area contributed by atoms with Gasteiger partial charge in [0.05, 0.1) is 24.3 Å². The molecule has 1 aromatic carbocycles. The zero-order valence-corrected chi connectivity index (χ0v) is 13.3. The van der Waals surface area contributed by atoms with Gasteiger partial charge in [-0.2, -0.15) is 5.26 Å². The zero-order chi connectivity index (χ0) is 16.9. The number of rotatable bonds is 6. The summed E-state index contributed by atoms with van der Waals surface area (Å²) in [6.45, 7) is 5.45. The number of hydrogen-bond donors (Lipinski definition) is 1. The molecule has 0 heterocycles. The normalized spacial score (nSPS) is 13.5. The number of carbonyl (C=O) groups is 1. The van der Waals surface area contributed by atoms with Crippen LogP contribution < -0.4 is 5.32 Å². The molecule has 1 unspecified atom stereocenters. The number of amides is 1. The topological polar surface area (TPSA) is 62.1 Å². The Labute approximate surface area is 133 Å². The van der Waals surface area contributed by atoms with Crippen molar-refractivity contribution in [2.75, 3.05) is 6.61 Å². The number of halogens is 3. The van der Waals surface area contributed by atoms with E-state index in [1.165, 1.54) is 6.92 Å². The molecule has 0 bridgehead atoms. The van der Waals surface area contributed by atoms with Crippen LogP contribution in [0, 0.1) is 23.0 Å². The Morgan fingerprint density at radius 1 is 1.50 bits per heavy atom. The minimum absolute atomic E-state index is 0.00741. The van der Waals surface area contributed by atoms with Crippen LogP contribution in [-0.2, 0) is 4.74 Å². The fraction of sp³-hybridized carbons (Fsp3) is 0.467. The fourth-order valence-corrected chi connectivity index (χ4v) is 1.83. The van der Waals surface area contributed by atoms with Crippen LogP contribution in [-0.4, -0.2) is 24.2 Å². The minimum Gasteiger partial charge on any atom is -0.379 e. The summed E-state index contributed by atoms with van der Waals surface area (Å²) in [5, 5.41) is 10.9. The average Bonchev–Trinajstić information content (AvgIpc) is 2.44. The molecule has 0 aliphatic heterocycles. The SMILES string of the molecule is CC(C)OCCC(C)(C#N)NC(=O)c1ccc(F)c(Cl)c1F. The Morgan fingerprint density at radius 2 is 2.14 bits per heavy atom. The van der Waals surface area contributed by atoms with Gasteiger partial charge >= 0.3 is 0 Å². The van der Waals surface area contributed by atoms with E-state index >= 15 is 0 Å². The molecule has 1 amide bonds. The van der Waals surface area contributed by atoms with Crippen LogP contribution in [0.1, 0.15) is 37.6 Å². The third-order valence-corrected chi connectivity index (χ3v) is 3.32. The van der Waals surface area contributed by atoms with Gasteiger partial charge in [-0.15, -0.1) is 0 Å². The summed E-state index contributed by atoms with van der Waals surface area (Å²) in [5.74, 6) is -2.95. The second kappa shape index (κ2) is 7.52. The van der Waals surface area contributed by atoms with E-state index in [-0.39, 0.29) is 19.1 Å². The Bertz CT molecular complexity index is 602. The number of nitrogens with zero attached hydrogens (tertiary/aromatic N) is 1. The summed E-state index contributed by atoms with van der Waals surface area (Å²) in [6.07, 6.45) is 0.219. The van der Waals surface area contributed by atoms with Crippen molar-refractivity contribution in [2.45, 2.75) is 38.8 Å². The highest BCUT2D eigenvalue weighted by Crippen LogP contribution is 2.22. The fourth-order valence-electron chi connectivity index (χ4n) is 1.66. The van der Waals surface area contributed by atoms with Crippen molar-refractivity contribution in [1.29, 1.82) is 5.26 Å². The van der Waals surface area contributed by atoms with Gasteiger partial charge in [0, 0.05) is 6.42 Å². The largest absolute Gasteiger partial charge is 0.379 e. The molecular formula is C15H17ClF2N2O2.